The Balaban J connectivity index is 1.47. The van der Waals surface area contributed by atoms with Crippen molar-refractivity contribution in [1.29, 1.82) is 0 Å². The predicted octanol–water partition coefficient (Wildman–Crippen LogP) is 7.30. The smallest absolute Gasteiger partial charge is 0.345 e. The highest BCUT2D eigenvalue weighted by molar-refractivity contribution is 6.17. The average Bonchev–Trinajstić information content (AvgIpc) is 3.40. The number of para-hydroxylation sites is 2. The Labute approximate surface area is 220 Å². The highest BCUT2D eigenvalue weighted by Gasteiger charge is 2.20. The summed E-state index contributed by atoms with van der Waals surface area (Å²) in [6, 6.07) is 36.0. The predicted molar refractivity (Wildman–Crippen MR) is 148 cm³/mol. The highest BCUT2D eigenvalue weighted by atomic mass is 16.5. The summed E-state index contributed by atoms with van der Waals surface area (Å²) in [5.41, 5.74) is 5.12. The van der Waals surface area contributed by atoms with Crippen LogP contribution >= 0.6 is 0 Å². The Morgan fingerprint density at radius 1 is 0.684 bits per heavy atom. The summed E-state index contributed by atoms with van der Waals surface area (Å²) < 4.78 is 15.6. The number of methoxy groups -OCH3 is 2. The molecular weight excluding hydrogens is 478 g/mol. The molecule has 188 valence electrons. The van der Waals surface area contributed by atoms with Gasteiger partial charge in [-0.2, -0.15) is 0 Å². The second-order valence-corrected chi connectivity index (χ2v) is 8.50. The molecule has 0 aliphatic carbocycles. The first-order chi connectivity index (χ1) is 18.6. The van der Waals surface area contributed by atoms with E-state index in [0.29, 0.717) is 16.9 Å². The standard InChI is InChI=1S/C32H25NO5/c1-36-31(34)28(32(35)37-2)19-22-13-14-24-21-30(38-29(24)20-22)23-15-17-27(18-16-23)33(25-9-5-3-6-10-25)26-11-7-4-8-12-26/h3-21H,1-2H3. The van der Waals surface area contributed by atoms with Gasteiger partial charge < -0.3 is 18.8 Å². The van der Waals surface area contributed by atoms with Gasteiger partial charge in [0.1, 0.15) is 16.9 Å². The number of esters is 2. The van der Waals surface area contributed by atoms with E-state index < -0.39 is 11.9 Å². The van der Waals surface area contributed by atoms with E-state index in [4.69, 9.17) is 13.9 Å². The molecule has 0 bridgehead atoms. The van der Waals surface area contributed by atoms with E-state index in [9.17, 15) is 9.59 Å². The average molecular weight is 504 g/mol. The van der Waals surface area contributed by atoms with Gasteiger partial charge in [-0.05, 0) is 72.3 Å². The summed E-state index contributed by atoms with van der Waals surface area (Å²) in [5, 5.41) is 0.897. The minimum Gasteiger partial charge on any atom is -0.465 e. The quantitative estimate of drug-likeness (QED) is 0.100. The molecule has 0 atom stereocenters. The van der Waals surface area contributed by atoms with E-state index in [0.717, 1.165) is 28.0 Å². The third-order valence-corrected chi connectivity index (χ3v) is 6.10. The van der Waals surface area contributed by atoms with Crippen LogP contribution in [0.3, 0.4) is 0 Å². The minimum atomic E-state index is -0.766. The van der Waals surface area contributed by atoms with E-state index >= 15 is 0 Å². The largest absolute Gasteiger partial charge is 0.465 e. The number of carbonyl (C=O) groups is 2. The zero-order valence-electron chi connectivity index (χ0n) is 21.0. The fraction of sp³-hybridized carbons (Fsp3) is 0.0625. The van der Waals surface area contributed by atoms with Crippen LogP contribution in [0.5, 0.6) is 0 Å². The van der Waals surface area contributed by atoms with E-state index in [-0.39, 0.29) is 5.57 Å². The lowest BCUT2D eigenvalue weighted by atomic mass is 10.1. The number of ether oxygens (including phenoxy) is 2. The van der Waals surface area contributed by atoms with Crippen LogP contribution in [0.25, 0.3) is 28.4 Å². The number of rotatable bonds is 7. The molecule has 0 radical (unpaired) electrons. The van der Waals surface area contributed by atoms with Crippen molar-refractivity contribution in [3.8, 4) is 11.3 Å². The van der Waals surface area contributed by atoms with Crippen molar-refractivity contribution in [1.82, 2.24) is 0 Å². The van der Waals surface area contributed by atoms with Gasteiger partial charge in [-0.3, -0.25) is 0 Å². The van der Waals surface area contributed by atoms with Crippen LogP contribution in [0, 0.1) is 0 Å². The molecule has 1 heterocycles. The zero-order valence-corrected chi connectivity index (χ0v) is 21.0. The van der Waals surface area contributed by atoms with Crippen LogP contribution in [0.2, 0.25) is 0 Å². The SMILES string of the molecule is COC(=O)C(=Cc1ccc2cc(-c3ccc(N(c4ccccc4)c4ccccc4)cc3)oc2c1)C(=O)OC. The van der Waals surface area contributed by atoms with Crippen molar-refractivity contribution in [2.75, 3.05) is 19.1 Å². The lowest BCUT2D eigenvalue weighted by molar-refractivity contribution is -0.143. The second kappa shape index (κ2) is 10.9. The topological polar surface area (TPSA) is 69.0 Å². The molecule has 0 saturated carbocycles. The normalized spacial score (nSPS) is 10.6. The van der Waals surface area contributed by atoms with Crippen molar-refractivity contribution in [2.45, 2.75) is 0 Å². The molecule has 0 aliphatic rings. The third-order valence-electron chi connectivity index (χ3n) is 6.10. The Morgan fingerprint density at radius 2 is 1.24 bits per heavy atom. The fourth-order valence-electron chi connectivity index (χ4n) is 4.24. The molecule has 6 nitrogen and oxygen atoms in total. The van der Waals surface area contributed by atoms with Crippen molar-refractivity contribution in [3.05, 3.63) is 120 Å². The maximum absolute atomic E-state index is 12.0. The fourth-order valence-corrected chi connectivity index (χ4v) is 4.24. The summed E-state index contributed by atoms with van der Waals surface area (Å²) in [7, 11) is 2.43. The molecule has 6 heteroatoms. The van der Waals surface area contributed by atoms with E-state index in [2.05, 4.69) is 41.3 Å². The minimum absolute atomic E-state index is 0.196. The van der Waals surface area contributed by atoms with Gasteiger partial charge in [0.15, 0.2) is 0 Å². The van der Waals surface area contributed by atoms with E-state index in [1.54, 1.807) is 12.1 Å². The molecular formula is C32H25NO5. The lowest BCUT2D eigenvalue weighted by Crippen LogP contribution is -2.15. The summed E-state index contributed by atoms with van der Waals surface area (Å²) in [4.78, 5) is 26.2. The van der Waals surface area contributed by atoms with Crippen LogP contribution in [-0.2, 0) is 19.1 Å². The van der Waals surface area contributed by atoms with Crippen molar-refractivity contribution in [3.63, 3.8) is 0 Å². The first kappa shape index (κ1) is 24.6. The summed E-state index contributed by atoms with van der Waals surface area (Å²) in [6.07, 6.45) is 1.43. The summed E-state index contributed by atoms with van der Waals surface area (Å²) in [6.45, 7) is 0. The number of anilines is 3. The molecule has 5 aromatic rings. The number of carbonyl (C=O) groups excluding carboxylic acids is 2. The Bertz CT molecular complexity index is 1550. The van der Waals surface area contributed by atoms with Gasteiger partial charge in [-0.15, -0.1) is 0 Å². The zero-order chi connectivity index (χ0) is 26.5. The lowest BCUT2D eigenvalue weighted by Gasteiger charge is -2.25. The summed E-state index contributed by atoms with van der Waals surface area (Å²) in [5.74, 6) is -0.825. The van der Waals surface area contributed by atoms with E-state index in [1.165, 1.54) is 20.3 Å². The Kier molecular flexibility index (Phi) is 7.04. The van der Waals surface area contributed by atoms with Crippen LogP contribution in [0.1, 0.15) is 5.56 Å². The molecule has 5 rings (SSSR count). The van der Waals surface area contributed by atoms with Crippen LogP contribution in [0.15, 0.2) is 119 Å². The van der Waals surface area contributed by atoms with Gasteiger partial charge in [0, 0.05) is 28.0 Å². The number of furan rings is 1. The molecule has 38 heavy (non-hydrogen) atoms. The highest BCUT2D eigenvalue weighted by Crippen LogP contribution is 2.36. The van der Waals surface area contributed by atoms with Crippen molar-refractivity contribution < 1.29 is 23.5 Å². The van der Waals surface area contributed by atoms with Crippen LogP contribution in [0.4, 0.5) is 17.1 Å². The number of fused-ring (bicyclic) bond motifs is 1. The number of hydrogen-bond donors (Lipinski definition) is 0. The first-order valence-electron chi connectivity index (χ1n) is 12.0. The molecule has 4 aromatic carbocycles. The Hall–Kier alpha value is -5.10. The monoisotopic (exact) mass is 503 g/mol. The first-order valence-corrected chi connectivity index (χ1v) is 12.0. The van der Waals surface area contributed by atoms with Gasteiger partial charge in [0.25, 0.3) is 0 Å². The van der Waals surface area contributed by atoms with Gasteiger partial charge >= 0.3 is 11.9 Å². The van der Waals surface area contributed by atoms with Crippen LogP contribution in [-0.4, -0.2) is 26.2 Å². The second-order valence-electron chi connectivity index (χ2n) is 8.50. The van der Waals surface area contributed by atoms with Crippen molar-refractivity contribution in [2.24, 2.45) is 0 Å². The molecule has 0 spiro atoms. The van der Waals surface area contributed by atoms with Crippen LogP contribution < -0.4 is 4.90 Å². The molecule has 0 unspecified atom stereocenters. The molecule has 1 aromatic heterocycles. The van der Waals surface area contributed by atoms with Gasteiger partial charge in [-0.25, -0.2) is 9.59 Å². The molecule has 0 N–H and O–H groups in total. The molecule has 0 fully saturated rings. The third kappa shape index (κ3) is 5.06. The molecule has 0 saturated heterocycles. The maximum Gasteiger partial charge on any atom is 0.345 e. The van der Waals surface area contributed by atoms with Gasteiger partial charge in [0.05, 0.1) is 14.2 Å². The maximum atomic E-state index is 12.0. The summed E-state index contributed by atoms with van der Waals surface area (Å²) >= 11 is 0. The Morgan fingerprint density at radius 3 is 1.79 bits per heavy atom. The van der Waals surface area contributed by atoms with Crippen molar-refractivity contribution >= 4 is 46.0 Å². The number of nitrogens with zero attached hydrogens (tertiary/aromatic N) is 1. The van der Waals surface area contributed by atoms with Gasteiger partial charge in [-0.1, -0.05) is 48.5 Å². The number of benzene rings is 4. The molecule has 0 aliphatic heterocycles. The van der Waals surface area contributed by atoms with E-state index in [1.807, 2.05) is 60.7 Å². The number of hydrogen-bond acceptors (Lipinski definition) is 6. The van der Waals surface area contributed by atoms with Gasteiger partial charge in [0.2, 0.25) is 0 Å². The molecule has 0 amide bonds.